The van der Waals surface area contributed by atoms with Gasteiger partial charge in [0, 0.05) is 12.6 Å². The van der Waals surface area contributed by atoms with Gasteiger partial charge in [0.25, 0.3) is 0 Å². The average molecular weight is 311 g/mol. The molecule has 122 valence electrons. The second-order valence-corrected chi connectivity index (χ2v) is 5.68. The summed E-state index contributed by atoms with van der Waals surface area (Å²) >= 11 is 0. The first-order chi connectivity index (χ1) is 11.2. The van der Waals surface area contributed by atoms with E-state index >= 15 is 0 Å². The van der Waals surface area contributed by atoms with E-state index in [9.17, 15) is 4.79 Å². The van der Waals surface area contributed by atoms with Crippen LogP contribution in [0.5, 0.6) is 5.75 Å². The monoisotopic (exact) mass is 311 g/mol. The molecule has 1 amide bonds. The van der Waals surface area contributed by atoms with E-state index in [1.807, 2.05) is 53.4 Å². The summed E-state index contributed by atoms with van der Waals surface area (Å²) in [6.07, 6.45) is 1.34. The fourth-order valence-corrected chi connectivity index (χ4v) is 2.41. The van der Waals surface area contributed by atoms with Gasteiger partial charge in [-0.1, -0.05) is 55.5 Å². The van der Waals surface area contributed by atoms with Crippen molar-refractivity contribution in [3.05, 3.63) is 66.2 Å². The number of benzene rings is 2. The highest BCUT2D eigenvalue weighted by Gasteiger charge is 2.19. The van der Waals surface area contributed by atoms with E-state index < -0.39 is 0 Å². The maximum atomic E-state index is 12.6. The summed E-state index contributed by atoms with van der Waals surface area (Å²) in [7, 11) is 0. The number of amides is 1. The molecular weight excluding hydrogens is 286 g/mol. The van der Waals surface area contributed by atoms with Crippen LogP contribution >= 0.6 is 0 Å². The molecule has 0 spiro atoms. The lowest BCUT2D eigenvalue weighted by Gasteiger charge is -2.29. The molecule has 0 saturated heterocycles. The van der Waals surface area contributed by atoms with Crippen molar-refractivity contribution in [2.24, 2.45) is 0 Å². The Morgan fingerprint density at radius 1 is 1.04 bits per heavy atom. The molecule has 1 unspecified atom stereocenters. The van der Waals surface area contributed by atoms with Gasteiger partial charge < -0.3 is 9.64 Å². The van der Waals surface area contributed by atoms with Crippen LogP contribution in [0.15, 0.2) is 60.7 Å². The van der Waals surface area contributed by atoms with Crippen LogP contribution in [0.3, 0.4) is 0 Å². The summed E-state index contributed by atoms with van der Waals surface area (Å²) in [5.74, 6) is 0.942. The molecule has 3 nitrogen and oxygen atoms in total. The number of hydrogen-bond acceptors (Lipinski definition) is 2. The topological polar surface area (TPSA) is 29.5 Å². The first-order valence-corrected chi connectivity index (χ1v) is 8.22. The zero-order valence-electron chi connectivity index (χ0n) is 13.9. The standard InChI is InChI=1S/C20H25NO2/c1-3-17(2)21(16-18-10-6-4-7-11-18)20(22)14-15-23-19-12-8-5-9-13-19/h4-13,17H,3,14-16H2,1-2H3. The number of nitrogens with zero attached hydrogens (tertiary/aromatic N) is 1. The van der Waals surface area contributed by atoms with Crippen molar-refractivity contribution in [2.45, 2.75) is 39.3 Å². The Bertz CT molecular complexity index is 583. The Hall–Kier alpha value is -2.29. The smallest absolute Gasteiger partial charge is 0.226 e. The van der Waals surface area contributed by atoms with Crippen molar-refractivity contribution in [2.75, 3.05) is 6.61 Å². The lowest BCUT2D eigenvalue weighted by atomic mass is 10.1. The number of carbonyl (C=O) groups excluding carboxylic acids is 1. The van der Waals surface area contributed by atoms with E-state index in [1.165, 1.54) is 0 Å². The van der Waals surface area contributed by atoms with Crippen LogP contribution in [0.4, 0.5) is 0 Å². The molecule has 0 fully saturated rings. The van der Waals surface area contributed by atoms with Gasteiger partial charge in [0.2, 0.25) is 5.91 Å². The average Bonchev–Trinajstić information content (AvgIpc) is 2.60. The molecule has 23 heavy (non-hydrogen) atoms. The summed E-state index contributed by atoms with van der Waals surface area (Å²) in [4.78, 5) is 14.5. The van der Waals surface area contributed by atoms with Gasteiger partial charge in [0.15, 0.2) is 0 Å². The first-order valence-electron chi connectivity index (χ1n) is 8.22. The normalized spacial score (nSPS) is 11.7. The van der Waals surface area contributed by atoms with Crippen molar-refractivity contribution in [1.82, 2.24) is 4.90 Å². The minimum absolute atomic E-state index is 0.138. The van der Waals surface area contributed by atoms with E-state index in [4.69, 9.17) is 4.74 Å². The van der Waals surface area contributed by atoms with Crippen LogP contribution in [0.1, 0.15) is 32.3 Å². The Labute approximate surface area is 138 Å². The summed E-state index contributed by atoms with van der Waals surface area (Å²) in [5.41, 5.74) is 1.16. The predicted octanol–water partition coefficient (Wildman–Crippen LogP) is 4.28. The zero-order valence-corrected chi connectivity index (χ0v) is 13.9. The molecule has 0 aliphatic heterocycles. The highest BCUT2D eigenvalue weighted by atomic mass is 16.5. The largest absolute Gasteiger partial charge is 0.493 e. The third-order valence-corrected chi connectivity index (χ3v) is 3.97. The number of para-hydroxylation sites is 1. The molecule has 1 atom stereocenters. The van der Waals surface area contributed by atoms with E-state index in [0.717, 1.165) is 17.7 Å². The molecule has 0 bridgehead atoms. The van der Waals surface area contributed by atoms with Crippen LogP contribution in [-0.2, 0) is 11.3 Å². The zero-order chi connectivity index (χ0) is 16.5. The number of hydrogen-bond donors (Lipinski definition) is 0. The van der Waals surface area contributed by atoms with Gasteiger partial charge in [0.1, 0.15) is 5.75 Å². The maximum Gasteiger partial charge on any atom is 0.226 e. The molecule has 0 aromatic heterocycles. The van der Waals surface area contributed by atoms with Gasteiger partial charge in [-0.3, -0.25) is 4.79 Å². The summed E-state index contributed by atoms with van der Waals surface area (Å²) in [6, 6.07) is 20.0. The van der Waals surface area contributed by atoms with E-state index in [2.05, 4.69) is 26.0 Å². The van der Waals surface area contributed by atoms with Gasteiger partial charge in [-0.15, -0.1) is 0 Å². The second kappa shape index (κ2) is 8.99. The van der Waals surface area contributed by atoms with Gasteiger partial charge in [-0.2, -0.15) is 0 Å². The minimum Gasteiger partial charge on any atom is -0.493 e. The Morgan fingerprint density at radius 2 is 1.65 bits per heavy atom. The lowest BCUT2D eigenvalue weighted by molar-refractivity contribution is -0.134. The Kier molecular flexibility index (Phi) is 6.67. The van der Waals surface area contributed by atoms with Gasteiger partial charge in [0.05, 0.1) is 13.0 Å². The SMILES string of the molecule is CCC(C)N(Cc1ccccc1)C(=O)CCOc1ccccc1. The lowest BCUT2D eigenvalue weighted by Crippen LogP contribution is -2.38. The second-order valence-electron chi connectivity index (χ2n) is 5.68. The fraction of sp³-hybridized carbons (Fsp3) is 0.350. The molecule has 0 heterocycles. The Balaban J connectivity index is 1.91. The minimum atomic E-state index is 0.138. The Morgan fingerprint density at radius 3 is 2.26 bits per heavy atom. The van der Waals surface area contributed by atoms with E-state index in [-0.39, 0.29) is 11.9 Å². The van der Waals surface area contributed by atoms with Crippen LogP contribution in [0, 0.1) is 0 Å². The van der Waals surface area contributed by atoms with E-state index in [1.54, 1.807) is 0 Å². The van der Waals surface area contributed by atoms with Crippen LogP contribution in [-0.4, -0.2) is 23.5 Å². The summed E-state index contributed by atoms with van der Waals surface area (Å²) < 4.78 is 5.64. The highest BCUT2D eigenvalue weighted by molar-refractivity contribution is 5.76. The molecule has 0 saturated carbocycles. The van der Waals surface area contributed by atoms with Crippen molar-refractivity contribution in [1.29, 1.82) is 0 Å². The molecule has 0 N–H and O–H groups in total. The molecular formula is C20H25NO2. The van der Waals surface area contributed by atoms with E-state index in [0.29, 0.717) is 19.6 Å². The van der Waals surface area contributed by atoms with Crippen molar-refractivity contribution >= 4 is 5.91 Å². The highest BCUT2D eigenvalue weighted by Crippen LogP contribution is 2.13. The summed E-state index contributed by atoms with van der Waals surface area (Å²) in [6.45, 7) is 5.26. The molecule has 0 aliphatic rings. The molecule has 0 aliphatic carbocycles. The first kappa shape index (κ1) is 17.1. The summed E-state index contributed by atoms with van der Waals surface area (Å²) in [5, 5.41) is 0. The molecule has 2 aromatic carbocycles. The number of rotatable bonds is 8. The van der Waals surface area contributed by atoms with Crippen molar-refractivity contribution < 1.29 is 9.53 Å². The number of carbonyl (C=O) groups is 1. The third-order valence-electron chi connectivity index (χ3n) is 3.97. The van der Waals surface area contributed by atoms with Crippen LogP contribution in [0.25, 0.3) is 0 Å². The molecule has 2 aromatic rings. The van der Waals surface area contributed by atoms with Gasteiger partial charge in [-0.05, 0) is 31.0 Å². The fourth-order valence-electron chi connectivity index (χ4n) is 2.41. The molecule has 0 radical (unpaired) electrons. The number of ether oxygens (including phenoxy) is 1. The quantitative estimate of drug-likeness (QED) is 0.728. The van der Waals surface area contributed by atoms with Gasteiger partial charge >= 0.3 is 0 Å². The van der Waals surface area contributed by atoms with Crippen LogP contribution in [0.2, 0.25) is 0 Å². The third kappa shape index (κ3) is 5.44. The predicted molar refractivity (Wildman–Crippen MR) is 93.3 cm³/mol. The van der Waals surface area contributed by atoms with Crippen molar-refractivity contribution in [3.63, 3.8) is 0 Å². The van der Waals surface area contributed by atoms with Crippen molar-refractivity contribution in [3.8, 4) is 5.75 Å². The molecule has 3 heteroatoms. The van der Waals surface area contributed by atoms with Crippen LogP contribution < -0.4 is 4.74 Å². The molecule has 2 rings (SSSR count). The maximum absolute atomic E-state index is 12.6. The van der Waals surface area contributed by atoms with Gasteiger partial charge in [-0.25, -0.2) is 0 Å².